The summed E-state index contributed by atoms with van der Waals surface area (Å²) in [5.74, 6) is -0.260. The van der Waals surface area contributed by atoms with Gasteiger partial charge in [-0.3, -0.25) is 14.4 Å². The van der Waals surface area contributed by atoms with Crippen molar-refractivity contribution < 1.29 is 14.3 Å². The van der Waals surface area contributed by atoms with Gasteiger partial charge in [0.25, 0.3) is 11.5 Å². The highest BCUT2D eigenvalue weighted by Gasteiger charge is 2.30. The van der Waals surface area contributed by atoms with Gasteiger partial charge in [0, 0.05) is 30.5 Å². The summed E-state index contributed by atoms with van der Waals surface area (Å²) in [6.07, 6.45) is 8.90. The molecule has 0 bridgehead atoms. The Morgan fingerprint density at radius 1 is 1.31 bits per heavy atom. The summed E-state index contributed by atoms with van der Waals surface area (Å²) in [5, 5.41) is 13.8. The minimum absolute atomic E-state index is 0.217. The van der Waals surface area contributed by atoms with Gasteiger partial charge in [0.2, 0.25) is 0 Å². The van der Waals surface area contributed by atoms with E-state index in [-0.39, 0.29) is 11.5 Å². The lowest BCUT2D eigenvalue weighted by molar-refractivity contribution is -0.162. The third-order valence-corrected chi connectivity index (χ3v) is 3.79. The second-order valence-corrected chi connectivity index (χ2v) is 6.40. The molecule has 0 saturated heterocycles. The lowest BCUT2D eigenvalue weighted by atomic mass is 10.1. The Hall–Kier alpha value is -2.90. The molecule has 0 aromatic carbocycles. The number of carbonyl (C=O) groups is 2. The fourth-order valence-electron chi connectivity index (χ4n) is 2.53. The van der Waals surface area contributed by atoms with Crippen LogP contribution in [0.25, 0.3) is 12.2 Å². The molecule has 2 rings (SSSR count). The number of ether oxygens (including phenoxy) is 1. The summed E-state index contributed by atoms with van der Waals surface area (Å²) in [6, 6.07) is 0. The van der Waals surface area contributed by atoms with E-state index in [0.29, 0.717) is 37.0 Å². The van der Waals surface area contributed by atoms with E-state index in [1.165, 1.54) is 6.92 Å². The van der Waals surface area contributed by atoms with Gasteiger partial charge in [-0.1, -0.05) is 24.3 Å². The van der Waals surface area contributed by atoms with Gasteiger partial charge in [-0.2, -0.15) is 5.10 Å². The van der Waals surface area contributed by atoms with Crippen LogP contribution in [0.4, 0.5) is 5.82 Å². The topological polar surface area (TPSA) is 113 Å². The maximum absolute atomic E-state index is 12.0. The Bertz CT molecular complexity index is 883. The Morgan fingerprint density at radius 2 is 2.08 bits per heavy atom. The van der Waals surface area contributed by atoms with Crippen molar-refractivity contribution in [3.63, 3.8) is 0 Å². The van der Waals surface area contributed by atoms with E-state index in [4.69, 9.17) is 4.74 Å². The number of carbonyl (C=O) groups excluding carboxylic acids is 2. The van der Waals surface area contributed by atoms with Crippen LogP contribution in [-0.4, -0.2) is 40.8 Å². The standard InChI is InChI=1S/C18H24N4O4/c1-12(23)26-18(2,3)17(25)20-11-7-10-19-15-13-8-5-4-6-9-14(13)16(24)22-21-15/h4-5,8-9H,6-7,10-11H2,1-3H3,(H,19,21)(H,20,25)(H,22,24). The minimum Gasteiger partial charge on any atom is -0.450 e. The van der Waals surface area contributed by atoms with Crippen LogP contribution >= 0.6 is 0 Å². The van der Waals surface area contributed by atoms with Crippen molar-refractivity contribution in [3.8, 4) is 0 Å². The summed E-state index contributed by atoms with van der Waals surface area (Å²) >= 11 is 0. The molecular formula is C18H24N4O4. The largest absolute Gasteiger partial charge is 0.450 e. The SMILES string of the molecule is CC(=O)OC(C)(C)C(=O)NCCCNc1n[nH]c(=O)c2c1=CC=CCC=2. The third kappa shape index (κ3) is 5.05. The Labute approximate surface area is 151 Å². The molecule has 1 heterocycles. The zero-order valence-corrected chi connectivity index (χ0v) is 15.2. The predicted octanol–water partition coefficient (Wildman–Crippen LogP) is -0.449. The number of aromatic nitrogens is 2. The summed E-state index contributed by atoms with van der Waals surface area (Å²) < 4.78 is 4.99. The van der Waals surface area contributed by atoms with Crippen LogP contribution in [0.3, 0.4) is 0 Å². The number of allylic oxidation sites excluding steroid dienone is 2. The Kier molecular flexibility index (Phi) is 6.32. The van der Waals surface area contributed by atoms with E-state index in [2.05, 4.69) is 20.8 Å². The fraction of sp³-hybridized carbons (Fsp3) is 0.444. The van der Waals surface area contributed by atoms with Crippen LogP contribution in [-0.2, 0) is 14.3 Å². The molecule has 1 aliphatic rings. The molecule has 140 valence electrons. The molecule has 0 fully saturated rings. The van der Waals surface area contributed by atoms with E-state index in [1.54, 1.807) is 13.8 Å². The molecule has 0 aliphatic heterocycles. The summed E-state index contributed by atoms with van der Waals surface area (Å²) in [6.45, 7) is 5.32. The lowest BCUT2D eigenvalue weighted by Crippen LogP contribution is -2.45. The van der Waals surface area contributed by atoms with E-state index in [1.807, 2.05) is 24.3 Å². The van der Waals surface area contributed by atoms with Crippen molar-refractivity contribution in [1.29, 1.82) is 0 Å². The predicted molar refractivity (Wildman–Crippen MR) is 98.8 cm³/mol. The normalized spacial score (nSPS) is 12.9. The monoisotopic (exact) mass is 360 g/mol. The Balaban J connectivity index is 1.89. The van der Waals surface area contributed by atoms with E-state index in [9.17, 15) is 14.4 Å². The second kappa shape index (κ2) is 8.46. The lowest BCUT2D eigenvalue weighted by Gasteiger charge is -2.23. The number of amides is 1. The molecule has 0 unspecified atom stereocenters. The first-order valence-electron chi connectivity index (χ1n) is 8.49. The molecular weight excluding hydrogens is 336 g/mol. The number of aromatic amines is 1. The average molecular weight is 360 g/mol. The smallest absolute Gasteiger partial charge is 0.303 e. The van der Waals surface area contributed by atoms with Gasteiger partial charge in [-0.05, 0) is 26.7 Å². The maximum atomic E-state index is 12.0. The van der Waals surface area contributed by atoms with Crippen LogP contribution in [0.15, 0.2) is 16.9 Å². The molecule has 8 nitrogen and oxygen atoms in total. The molecule has 1 aliphatic carbocycles. The highest BCUT2D eigenvalue weighted by atomic mass is 16.6. The molecule has 0 saturated carbocycles. The van der Waals surface area contributed by atoms with Crippen molar-refractivity contribution >= 4 is 29.8 Å². The van der Waals surface area contributed by atoms with Crippen LogP contribution in [0, 0.1) is 0 Å². The Morgan fingerprint density at radius 3 is 2.81 bits per heavy atom. The zero-order valence-electron chi connectivity index (χ0n) is 15.2. The molecule has 0 spiro atoms. The summed E-state index contributed by atoms with van der Waals surface area (Å²) in [7, 11) is 0. The van der Waals surface area contributed by atoms with Crippen LogP contribution < -0.4 is 26.6 Å². The van der Waals surface area contributed by atoms with Crippen LogP contribution in [0.2, 0.25) is 0 Å². The third-order valence-electron chi connectivity index (χ3n) is 3.79. The van der Waals surface area contributed by atoms with Gasteiger partial charge in [0.1, 0.15) is 0 Å². The quantitative estimate of drug-likeness (QED) is 0.448. The fourth-order valence-corrected chi connectivity index (χ4v) is 2.53. The van der Waals surface area contributed by atoms with Gasteiger partial charge < -0.3 is 15.4 Å². The molecule has 3 N–H and O–H groups in total. The van der Waals surface area contributed by atoms with Crippen molar-refractivity contribution in [1.82, 2.24) is 15.5 Å². The average Bonchev–Trinajstić information content (AvgIpc) is 2.81. The molecule has 0 atom stereocenters. The van der Waals surface area contributed by atoms with Crippen LogP contribution in [0.1, 0.15) is 33.6 Å². The van der Waals surface area contributed by atoms with Crippen molar-refractivity contribution in [3.05, 3.63) is 32.9 Å². The summed E-state index contributed by atoms with van der Waals surface area (Å²) in [4.78, 5) is 34.9. The number of anilines is 1. The van der Waals surface area contributed by atoms with Gasteiger partial charge in [-0.25, -0.2) is 5.10 Å². The van der Waals surface area contributed by atoms with Crippen molar-refractivity contribution in [2.24, 2.45) is 0 Å². The number of fused-ring (bicyclic) bond motifs is 1. The van der Waals surface area contributed by atoms with Gasteiger partial charge in [-0.15, -0.1) is 0 Å². The van der Waals surface area contributed by atoms with Crippen molar-refractivity contribution in [2.45, 2.75) is 39.2 Å². The minimum atomic E-state index is -1.20. The zero-order chi connectivity index (χ0) is 19.2. The number of nitrogens with zero attached hydrogens (tertiary/aromatic N) is 1. The highest BCUT2D eigenvalue weighted by molar-refractivity contribution is 5.86. The molecule has 1 aromatic heterocycles. The van der Waals surface area contributed by atoms with E-state index < -0.39 is 11.6 Å². The van der Waals surface area contributed by atoms with Crippen molar-refractivity contribution in [2.75, 3.05) is 18.4 Å². The maximum Gasteiger partial charge on any atom is 0.303 e. The highest BCUT2D eigenvalue weighted by Crippen LogP contribution is 2.09. The number of nitrogens with one attached hydrogen (secondary N) is 3. The molecule has 1 amide bonds. The van der Waals surface area contributed by atoms with Gasteiger partial charge in [0.05, 0.1) is 0 Å². The van der Waals surface area contributed by atoms with Crippen LogP contribution in [0.5, 0.6) is 0 Å². The van der Waals surface area contributed by atoms with Gasteiger partial charge >= 0.3 is 5.97 Å². The number of H-pyrrole nitrogens is 1. The first-order chi connectivity index (χ1) is 12.3. The molecule has 0 radical (unpaired) electrons. The van der Waals surface area contributed by atoms with E-state index in [0.717, 1.165) is 5.22 Å². The van der Waals surface area contributed by atoms with Gasteiger partial charge in [0.15, 0.2) is 11.4 Å². The second-order valence-electron chi connectivity index (χ2n) is 6.40. The molecule has 26 heavy (non-hydrogen) atoms. The first kappa shape index (κ1) is 19.4. The number of hydrogen-bond donors (Lipinski definition) is 3. The number of esters is 1. The number of hydrogen-bond acceptors (Lipinski definition) is 6. The summed E-state index contributed by atoms with van der Waals surface area (Å²) in [5.41, 5.74) is -1.42. The number of rotatable bonds is 7. The first-order valence-corrected chi connectivity index (χ1v) is 8.49. The molecule has 1 aromatic rings. The van der Waals surface area contributed by atoms with E-state index >= 15 is 0 Å². The molecule has 8 heteroatoms.